The van der Waals surface area contributed by atoms with E-state index in [1.165, 1.54) is 0 Å². The van der Waals surface area contributed by atoms with E-state index in [2.05, 4.69) is 0 Å². The largest absolute Gasteiger partial charge is 0.460 e. The van der Waals surface area contributed by atoms with E-state index in [9.17, 15) is 57.1 Å². The van der Waals surface area contributed by atoms with Crippen molar-refractivity contribution in [2.75, 3.05) is 0 Å². The molecular weight excluding hydrogens is 506 g/mol. The van der Waals surface area contributed by atoms with Crippen molar-refractivity contribution in [2.45, 2.75) is 59.0 Å². The third-order valence-electron chi connectivity index (χ3n) is 3.85. The molecule has 1 aliphatic rings. The molecule has 1 fully saturated rings. The van der Waals surface area contributed by atoms with Crippen LogP contribution in [0.2, 0.25) is 0 Å². The third-order valence-corrected chi connectivity index (χ3v) is 5.35. The molecule has 14 heteroatoms. The summed E-state index contributed by atoms with van der Waals surface area (Å²) in [7, 11) is 0. The van der Waals surface area contributed by atoms with E-state index in [0.717, 1.165) is 22.6 Å². The van der Waals surface area contributed by atoms with Gasteiger partial charge < -0.3 is 0 Å². The Morgan fingerprint density at radius 2 is 0.960 bits per heavy atom. The van der Waals surface area contributed by atoms with Gasteiger partial charge in [0.1, 0.15) is 0 Å². The van der Waals surface area contributed by atoms with Crippen LogP contribution in [-0.2, 0) is 0 Å². The van der Waals surface area contributed by atoms with Gasteiger partial charge >= 0.3 is 35.8 Å². The summed E-state index contributed by atoms with van der Waals surface area (Å²) in [5, 5.41) is 0. The fourth-order valence-corrected chi connectivity index (χ4v) is 3.59. The minimum absolute atomic E-state index is 0.162. The maximum absolute atomic E-state index is 13.8. The van der Waals surface area contributed by atoms with Gasteiger partial charge in [0.2, 0.25) is 0 Å². The Kier molecular flexibility index (Phi) is 5.65. The predicted octanol–water partition coefficient (Wildman–Crippen LogP) is 6.33. The number of rotatable bonds is 5. The van der Waals surface area contributed by atoms with Gasteiger partial charge in [-0.2, -0.15) is 57.1 Å². The van der Waals surface area contributed by atoms with Gasteiger partial charge in [-0.1, -0.05) is 29.0 Å². The molecule has 0 aromatic rings. The molecule has 0 aliphatic heterocycles. The molecule has 1 rings (SSSR count). The second kappa shape index (κ2) is 6.17. The van der Waals surface area contributed by atoms with Gasteiger partial charge in [-0.05, 0) is 12.8 Å². The van der Waals surface area contributed by atoms with Crippen molar-refractivity contribution < 1.29 is 57.1 Å². The lowest BCUT2D eigenvalue weighted by Crippen LogP contribution is -2.71. The monoisotopic (exact) mass is 514 g/mol. The highest BCUT2D eigenvalue weighted by atomic mass is 127. The molecule has 2 unspecified atom stereocenters. The molecule has 0 aromatic heterocycles. The first-order valence-corrected chi connectivity index (χ1v) is 7.61. The Bertz CT molecular complexity index is 495. The zero-order chi connectivity index (χ0) is 20.3. The summed E-state index contributed by atoms with van der Waals surface area (Å²) in [4.78, 5) is 0. The molecule has 2 atom stereocenters. The highest BCUT2D eigenvalue weighted by Gasteiger charge is 2.91. The molecule has 25 heavy (non-hydrogen) atoms. The molecule has 0 bridgehead atoms. The van der Waals surface area contributed by atoms with E-state index in [1.807, 2.05) is 0 Å². The normalized spacial score (nSPS) is 24.7. The molecule has 0 aromatic carbocycles. The highest BCUT2D eigenvalue weighted by Crippen LogP contribution is 2.62. The third kappa shape index (κ3) is 3.07. The van der Waals surface area contributed by atoms with Crippen molar-refractivity contribution in [3.63, 3.8) is 0 Å². The minimum Gasteiger partial charge on any atom is -0.199 e. The van der Waals surface area contributed by atoms with Crippen LogP contribution in [0.15, 0.2) is 0 Å². The van der Waals surface area contributed by atoms with Crippen molar-refractivity contribution in [2.24, 2.45) is 5.92 Å². The van der Waals surface area contributed by atoms with Crippen LogP contribution in [-0.4, -0.2) is 39.7 Å². The van der Waals surface area contributed by atoms with Gasteiger partial charge in [0.15, 0.2) is 0 Å². The van der Waals surface area contributed by atoms with E-state index < -0.39 is 52.1 Å². The molecule has 0 radical (unpaired) electrons. The van der Waals surface area contributed by atoms with Crippen molar-refractivity contribution in [3.8, 4) is 0 Å². The van der Waals surface area contributed by atoms with Gasteiger partial charge in [-0.3, -0.25) is 0 Å². The van der Waals surface area contributed by atoms with Gasteiger partial charge in [0.25, 0.3) is 0 Å². The van der Waals surface area contributed by atoms with Gasteiger partial charge in [0.05, 0.1) is 0 Å². The van der Waals surface area contributed by atoms with E-state index in [1.54, 1.807) is 0 Å². The van der Waals surface area contributed by atoms with Crippen LogP contribution < -0.4 is 0 Å². The zero-order valence-corrected chi connectivity index (χ0v) is 13.7. The molecule has 0 spiro atoms. The maximum Gasteiger partial charge on any atom is 0.460 e. The first-order chi connectivity index (χ1) is 10.8. The second-order valence-corrected chi connectivity index (χ2v) is 7.07. The quantitative estimate of drug-likeness (QED) is 0.229. The maximum atomic E-state index is 13.8. The lowest BCUT2D eigenvalue weighted by molar-refractivity contribution is -0.442. The van der Waals surface area contributed by atoms with Crippen LogP contribution >= 0.6 is 22.6 Å². The molecule has 1 saturated carbocycles. The van der Waals surface area contributed by atoms with E-state index in [4.69, 9.17) is 0 Å². The lowest BCUT2D eigenvalue weighted by Gasteiger charge is -2.41. The van der Waals surface area contributed by atoms with E-state index in [0.29, 0.717) is 0 Å². The van der Waals surface area contributed by atoms with Gasteiger partial charge in [-0.25, -0.2) is 0 Å². The SMILES string of the molecule is FC(F)(F)C(F)(F)C(F)(F)C(F)(F)C(F)(F)C(F)(F)C1CCCC1I. The summed E-state index contributed by atoms with van der Waals surface area (Å²) < 4.78 is 167. The highest BCUT2D eigenvalue weighted by molar-refractivity contribution is 14.1. The zero-order valence-electron chi connectivity index (χ0n) is 11.6. The number of alkyl halides is 14. The summed E-state index contributed by atoms with van der Waals surface area (Å²) in [6.07, 6.45) is -8.51. The second-order valence-electron chi connectivity index (χ2n) is 5.47. The van der Waals surface area contributed by atoms with Crippen LogP contribution in [0.1, 0.15) is 19.3 Å². The Hall–Kier alpha value is -0.180. The topological polar surface area (TPSA) is 0 Å². The van der Waals surface area contributed by atoms with E-state index >= 15 is 0 Å². The molecule has 1 aliphatic carbocycles. The van der Waals surface area contributed by atoms with Crippen LogP contribution in [0.4, 0.5) is 57.1 Å². The first-order valence-electron chi connectivity index (χ1n) is 6.36. The fraction of sp³-hybridized carbons (Fsp3) is 1.00. The predicted molar refractivity (Wildman–Crippen MR) is 65.9 cm³/mol. The summed E-state index contributed by atoms with van der Waals surface area (Å²) in [6.45, 7) is 0. The van der Waals surface area contributed by atoms with E-state index in [-0.39, 0.29) is 12.8 Å². The molecule has 150 valence electrons. The summed E-state index contributed by atoms with van der Waals surface area (Å²) in [5.41, 5.74) is 0. The van der Waals surface area contributed by atoms with Crippen molar-refractivity contribution >= 4 is 22.6 Å². The number of hydrogen-bond donors (Lipinski definition) is 0. The molecular formula is C11H8F13I. The average molecular weight is 514 g/mol. The number of hydrogen-bond acceptors (Lipinski definition) is 0. The number of halogens is 14. The molecule has 0 amide bonds. The van der Waals surface area contributed by atoms with Crippen molar-refractivity contribution in [1.82, 2.24) is 0 Å². The van der Waals surface area contributed by atoms with Crippen molar-refractivity contribution in [3.05, 3.63) is 0 Å². The van der Waals surface area contributed by atoms with Gasteiger partial charge in [0, 0.05) is 9.84 Å². The van der Waals surface area contributed by atoms with Crippen LogP contribution in [0, 0.1) is 5.92 Å². The van der Waals surface area contributed by atoms with Crippen LogP contribution in [0.25, 0.3) is 0 Å². The fourth-order valence-electron chi connectivity index (χ4n) is 2.34. The summed E-state index contributed by atoms with van der Waals surface area (Å²) in [5.74, 6) is -38.8. The standard InChI is InChI=1S/C11H8F13I/c12-6(13,4-2-1-3-5(4)25)7(14,15)8(16,17)9(18,19)10(20,21)11(22,23)24/h4-5H,1-3H2. The Labute approximate surface area is 145 Å². The smallest absolute Gasteiger partial charge is 0.199 e. The van der Waals surface area contributed by atoms with Crippen molar-refractivity contribution in [1.29, 1.82) is 0 Å². The molecule has 0 heterocycles. The molecule has 0 nitrogen and oxygen atoms in total. The van der Waals surface area contributed by atoms with Gasteiger partial charge in [-0.15, -0.1) is 0 Å². The Morgan fingerprint density at radius 3 is 1.28 bits per heavy atom. The van der Waals surface area contributed by atoms with Crippen LogP contribution in [0.3, 0.4) is 0 Å². The molecule has 0 N–H and O–H groups in total. The Morgan fingerprint density at radius 1 is 0.560 bits per heavy atom. The average Bonchev–Trinajstić information content (AvgIpc) is 2.83. The minimum atomic E-state index is -7.81. The first kappa shape index (κ1) is 22.9. The van der Waals surface area contributed by atoms with Crippen LogP contribution in [0.5, 0.6) is 0 Å². The summed E-state index contributed by atoms with van der Waals surface area (Å²) in [6, 6.07) is 0. The lowest BCUT2D eigenvalue weighted by atomic mass is 9.86. The summed E-state index contributed by atoms with van der Waals surface area (Å²) >= 11 is 1.16. The molecule has 0 saturated heterocycles. The Balaban J connectivity index is 3.43.